The summed E-state index contributed by atoms with van der Waals surface area (Å²) in [5.41, 5.74) is 2.57. The Morgan fingerprint density at radius 1 is 1.00 bits per heavy atom. The number of carbonyl (C=O) groups is 2. The molecule has 0 radical (unpaired) electrons. The lowest BCUT2D eigenvalue weighted by Crippen LogP contribution is -2.22. The van der Waals surface area contributed by atoms with Gasteiger partial charge >= 0.3 is 5.97 Å². The molecule has 3 rings (SSSR count). The van der Waals surface area contributed by atoms with Crippen LogP contribution >= 0.6 is 0 Å². The molecule has 2 aromatic rings. The van der Waals surface area contributed by atoms with Gasteiger partial charge in [0.2, 0.25) is 0 Å². The number of rotatable bonds is 10. The molecule has 0 N–H and O–H groups in total. The monoisotopic (exact) mass is 381 g/mol. The van der Waals surface area contributed by atoms with Crippen LogP contribution in [0.5, 0.6) is 5.75 Å². The van der Waals surface area contributed by atoms with Crippen molar-refractivity contribution in [3.63, 3.8) is 0 Å². The summed E-state index contributed by atoms with van der Waals surface area (Å²) in [6, 6.07) is 15.4. The van der Waals surface area contributed by atoms with Gasteiger partial charge < -0.3 is 14.4 Å². The van der Waals surface area contributed by atoms with Crippen molar-refractivity contribution in [2.75, 3.05) is 18.1 Å². The second kappa shape index (κ2) is 9.93. The van der Waals surface area contributed by atoms with E-state index in [1.807, 2.05) is 55.5 Å². The zero-order valence-corrected chi connectivity index (χ0v) is 16.4. The van der Waals surface area contributed by atoms with Crippen molar-refractivity contribution < 1.29 is 19.1 Å². The second-order valence-electron chi connectivity index (χ2n) is 6.83. The highest BCUT2D eigenvalue weighted by atomic mass is 16.5. The molecule has 0 spiro atoms. The number of nitrogens with zero attached hydrogens (tertiary/aromatic N) is 1. The Morgan fingerprint density at radius 3 is 2.57 bits per heavy atom. The highest BCUT2D eigenvalue weighted by Gasteiger charge is 2.30. The van der Waals surface area contributed by atoms with E-state index in [-0.39, 0.29) is 11.9 Å². The predicted octanol–water partition coefficient (Wildman–Crippen LogP) is 4.74. The van der Waals surface area contributed by atoms with E-state index in [2.05, 4.69) is 0 Å². The van der Waals surface area contributed by atoms with Crippen molar-refractivity contribution in [1.29, 1.82) is 0 Å². The third-order valence-corrected chi connectivity index (χ3v) is 4.83. The number of hydrogen-bond acceptors (Lipinski definition) is 4. The standard InChI is InChI=1S/C23H27NO4/c1-2-27-22(25)15-8-3-4-9-16-28-21-14-10-13-19-20(21)17-24(23(19)26)18-11-6-5-7-12-18/h5-7,10-14H,2-4,8-9,15-17H2,1H3. The van der Waals surface area contributed by atoms with Gasteiger partial charge in [0.05, 0.1) is 19.8 Å². The van der Waals surface area contributed by atoms with Crippen LogP contribution in [0, 0.1) is 0 Å². The molecule has 1 aliphatic rings. The zero-order chi connectivity index (χ0) is 19.8. The van der Waals surface area contributed by atoms with Gasteiger partial charge in [0.15, 0.2) is 0 Å². The van der Waals surface area contributed by atoms with Gasteiger partial charge in [-0.3, -0.25) is 9.59 Å². The number of hydrogen-bond donors (Lipinski definition) is 0. The number of carbonyl (C=O) groups excluding carboxylic acids is 2. The first-order chi connectivity index (χ1) is 13.7. The van der Waals surface area contributed by atoms with Crippen LogP contribution in [0.15, 0.2) is 48.5 Å². The molecule has 0 aromatic heterocycles. The maximum Gasteiger partial charge on any atom is 0.305 e. The van der Waals surface area contributed by atoms with Crippen molar-refractivity contribution in [3.8, 4) is 5.75 Å². The van der Waals surface area contributed by atoms with Crippen LogP contribution in [0.2, 0.25) is 0 Å². The predicted molar refractivity (Wildman–Crippen MR) is 109 cm³/mol. The Hall–Kier alpha value is -2.82. The average molecular weight is 381 g/mol. The molecule has 0 bridgehead atoms. The third-order valence-electron chi connectivity index (χ3n) is 4.83. The van der Waals surface area contributed by atoms with E-state index in [0.29, 0.717) is 26.2 Å². The van der Waals surface area contributed by atoms with Crippen LogP contribution in [0.3, 0.4) is 0 Å². The summed E-state index contributed by atoms with van der Waals surface area (Å²) in [5, 5.41) is 0. The summed E-state index contributed by atoms with van der Waals surface area (Å²) in [4.78, 5) is 25.8. The van der Waals surface area contributed by atoms with E-state index in [0.717, 1.165) is 48.2 Å². The molecule has 1 aliphatic heterocycles. The molecule has 1 heterocycles. The van der Waals surface area contributed by atoms with Gasteiger partial charge in [-0.2, -0.15) is 0 Å². The molecule has 5 heteroatoms. The van der Waals surface area contributed by atoms with E-state index < -0.39 is 0 Å². The van der Waals surface area contributed by atoms with Crippen molar-refractivity contribution in [3.05, 3.63) is 59.7 Å². The maximum atomic E-state index is 12.7. The molecular formula is C23H27NO4. The fourth-order valence-corrected chi connectivity index (χ4v) is 3.40. The lowest BCUT2D eigenvalue weighted by molar-refractivity contribution is -0.143. The van der Waals surface area contributed by atoms with Crippen LogP contribution < -0.4 is 9.64 Å². The lowest BCUT2D eigenvalue weighted by atomic mass is 10.1. The summed E-state index contributed by atoms with van der Waals surface area (Å²) in [7, 11) is 0. The number of unbranched alkanes of at least 4 members (excludes halogenated alkanes) is 3. The molecule has 5 nitrogen and oxygen atoms in total. The Labute approximate surface area is 166 Å². The SMILES string of the molecule is CCOC(=O)CCCCCCOc1cccc2c1CN(c1ccccc1)C2=O. The molecule has 0 unspecified atom stereocenters. The van der Waals surface area contributed by atoms with E-state index in [9.17, 15) is 9.59 Å². The number of ether oxygens (including phenoxy) is 2. The number of para-hydroxylation sites is 1. The van der Waals surface area contributed by atoms with E-state index >= 15 is 0 Å². The number of anilines is 1. The van der Waals surface area contributed by atoms with Crippen molar-refractivity contribution in [2.24, 2.45) is 0 Å². The number of benzene rings is 2. The summed E-state index contributed by atoms with van der Waals surface area (Å²) in [5.74, 6) is 0.688. The molecule has 148 valence electrons. The Morgan fingerprint density at radius 2 is 1.79 bits per heavy atom. The number of fused-ring (bicyclic) bond motifs is 1. The van der Waals surface area contributed by atoms with Gasteiger partial charge in [0, 0.05) is 23.2 Å². The van der Waals surface area contributed by atoms with Gasteiger partial charge in [-0.15, -0.1) is 0 Å². The van der Waals surface area contributed by atoms with Gasteiger partial charge in [-0.25, -0.2) is 0 Å². The highest BCUT2D eigenvalue weighted by molar-refractivity contribution is 6.10. The molecule has 0 saturated heterocycles. The Balaban J connectivity index is 1.47. The van der Waals surface area contributed by atoms with E-state index in [1.165, 1.54) is 0 Å². The zero-order valence-electron chi connectivity index (χ0n) is 16.4. The van der Waals surface area contributed by atoms with E-state index in [4.69, 9.17) is 9.47 Å². The third kappa shape index (κ3) is 4.91. The number of esters is 1. The summed E-state index contributed by atoms with van der Waals surface area (Å²) < 4.78 is 10.9. The Bertz CT molecular complexity index is 804. The van der Waals surface area contributed by atoms with Crippen molar-refractivity contribution in [2.45, 2.75) is 45.6 Å². The largest absolute Gasteiger partial charge is 0.493 e. The molecule has 0 atom stereocenters. The van der Waals surface area contributed by atoms with Crippen molar-refractivity contribution in [1.82, 2.24) is 0 Å². The summed E-state index contributed by atoms with van der Waals surface area (Å²) in [6.07, 6.45) is 4.24. The van der Waals surface area contributed by atoms with Crippen LogP contribution in [0.4, 0.5) is 5.69 Å². The van der Waals surface area contributed by atoms with Crippen molar-refractivity contribution >= 4 is 17.6 Å². The minimum Gasteiger partial charge on any atom is -0.493 e. The van der Waals surface area contributed by atoms with Crippen LogP contribution in [0.1, 0.15) is 54.9 Å². The molecule has 0 saturated carbocycles. The molecular weight excluding hydrogens is 354 g/mol. The van der Waals surface area contributed by atoms with Crippen LogP contribution in [-0.2, 0) is 16.1 Å². The smallest absolute Gasteiger partial charge is 0.305 e. The lowest BCUT2D eigenvalue weighted by Gasteiger charge is -2.15. The topological polar surface area (TPSA) is 55.8 Å². The fourth-order valence-electron chi connectivity index (χ4n) is 3.40. The molecule has 1 amide bonds. The van der Waals surface area contributed by atoms with Gasteiger partial charge in [0.25, 0.3) is 5.91 Å². The summed E-state index contributed by atoms with van der Waals surface area (Å²) >= 11 is 0. The van der Waals surface area contributed by atoms with Crippen LogP contribution in [-0.4, -0.2) is 25.1 Å². The van der Waals surface area contributed by atoms with E-state index in [1.54, 1.807) is 4.90 Å². The summed E-state index contributed by atoms with van der Waals surface area (Å²) in [6.45, 7) is 3.41. The fraction of sp³-hybridized carbons (Fsp3) is 0.391. The Kier molecular flexibility index (Phi) is 7.06. The second-order valence-corrected chi connectivity index (χ2v) is 6.83. The normalized spacial score (nSPS) is 12.8. The number of amides is 1. The quantitative estimate of drug-likeness (QED) is 0.441. The molecule has 0 aliphatic carbocycles. The first-order valence-corrected chi connectivity index (χ1v) is 9.98. The molecule has 2 aromatic carbocycles. The average Bonchev–Trinajstić information content (AvgIpc) is 3.06. The van der Waals surface area contributed by atoms with Gasteiger partial charge in [-0.05, 0) is 44.0 Å². The minimum absolute atomic E-state index is 0.0191. The first kappa shape index (κ1) is 19.9. The minimum atomic E-state index is -0.119. The molecule has 28 heavy (non-hydrogen) atoms. The van der Waals surface area contributed by atoms with Gasteiger partial charge in [0.1, 0.15) is 5.75 Å². The van der Waals surface area contributed by atoms with Crippen LogP contribution in [0.25, 0.3) is 0 Å². The first-order valence-electron chi connectivity index (χ1n) is 9.98. The van der Waals surface area contributed by atoms with Gasteiger partial charge in [-0.1, -0.05) is 37.1 Å². The highest BCUT2D eigenvalue weighted by Crippen LogP contribution is 2.34. The maximum absolute atomic E-state index is 12.7. The molecule has 0 fully saturated rings.